The summed E-state index contributed by atoms with van der Waals surface area (Å²) in [6.07, 6.45) is 0. The van der Waals surface area contributed by atoms with Crippen LogP contribution in [0.5, 0.6) is 5.75 Å². The molecule has 3 N–H and O–H groups in total. The van der Waals surface area contributed by atoms with Gasteiger partial charge in [0, 0.05) is 5.02 Å². The Kier molecular flexibility index (Phi) is 4.55. The van der Waals surface area contributed by atoms with Gasteiger partial charge in [-0.2, -0.15) is 0 Å². The fourth-order valence-corrected chi connectivity index (χ4v) is 1.60. The van der Waals surface area contributed by atoms with Crippen molar-refractivity contribution >= 4 is 23.5 Å². The van der Waals surface area contributed by atoms with Crippen molar-refractivity contribution in [3.05, 3.63) is 28.8 Å². The van der Waals surface area contributed by atoms with Gasteiger partial charge >= 0.3 is 5.97 Å². The molecule has 1 rings (SSSR count). The predicted molar refractivity (Wildman–Crippen MR) is 66.8 cm³/mol. The average Bonchev–Trinajstić information content (AvgIpc) is 2.24. The summed E-state index contributed by atoms with van der Waals surface area (Å²) in [7, 11) is 0. The Balaban J connectivity index is 2.91. The van der Waals surface area contributed by atoms with Crippen molar-refractivity contribution in [2.24, 2.45) is 5.92 Å². The van der Waals surface area contributed by atoms with Crippen LogP contribution < -0.4 is 5.32 Å². The Bertz CT molecular complexity index is 473. The van der Waals surface area contributed by atoms with Crippen molar-refractivity contribution in [1.82, 2.24) is 5.32 Å². The van der Waals surface area contributed by atoms with Crippen LogP contribution in [0.1, 0.15) is 24.2 Å². The van der Waals surface area contributed by atoms with Crippen LogP contribution in [0.15, 0.2) is 18.2 Å². The lowest BCUT2D eigenvalue weighted by atomic mass is 10.0. The van der Waals surface area contributed by atoms with Crippen molar-refractivity contribution in [1.29, 1.82) is 0 Å². The zero-order valence-corrected chi connectivity index (χ0v) is 10.7. The molecule has 0 aliphatic heterocycles. The number of amides is 1. The van der Waals surface area contributed by atoms with E-state index in [9.17, 15) is 14.7 Å². The predicted octanol–water partition coefficient (Wildman–Crippen LogP) is 1.88. The molecular formula is C12H14ClNO4. The molecule has 1 aromatic rings. The Hall–Kier alpha value is -1.75. The van der Waals surface area contributed by atoms with Crippen LogP contribution >= 0.6 is 11.6 Å². The maximum absolute atomic E-state index is 11.8. The number of carboxylic acids is 1. The standard InChI is InChI=1S/C12H14ClNO4/c1-6(2)10(12(17)18)14-11(16)8-4-3-7(13)5-9(8)15/h3-6,10,15H,1-2H3,(H,14,16)(H,17,18)/t10-/m0/s1. The molecule has 0 saturated carbocycles. The van der Waals surface area contributed by atoms with E-state index in [0.29, 0.717) is 5.02 Å². The average molecular weight is 272 g/mol. The van der Waals surface area contributed by atoms with E-state index in [1.54, 1.807) is 13.8 Å². The highest BCUT2D eigenvalue weighted by Crippen LogP contribution is 2.22. The molecule has 0 aliphatic carbocycles. The minimum absolute atomic E-state index is 0.00806. The topological polar surface area (TPSA) is 86.6 Å². The first-order valence-corrected chi connectivity index (χ1v) is 5.73. The molecule has 0 spiro atoms. The second kappa shape index (κ2) is 5.73. The summed E-state index contributed by atoms with van der Waals surface area (Å²) in [6, 6.07) is 3.00. The number of carbonyl (C=O) groups is 2. The lowest BCUT2D eigenvalue weighted by molar-refractivity contribution is -0.140. The van der Waals surface area contributed by atoms with E-state index in [1.807, 2.05) is 0 Å². The molecule has 0 fully saturated rings. The first-order chi connectivity index (χ1) is 8.32. The van der Waals surface area contributed by atoms with Gasteiger partial charge in [0.2, 0.25) is 0 Å². The van der Waals surface area contributed by atoms with E-state index in [4.69, 9.17) is 16.7 Å². The Morgan fingerprint density at radius 1 is 1.33 bits per heavy atom. The molecule has 0 bridgehead atoms. The summed E-state index contributed by atoms with van der Waals surface area (Å²) >= 11 is 5.64. The Morgan fingerprint density at radius 2 is 1.94 bits per heavy atom. The van der Waals surface area contributed by atoms with Crippen molar-refractivity contribution in [2.75, 3.05) is 0 Å². The lowest BCUT2D eigenvalue weighted by Crippen LogP contribution is -2.44. The molecule has 0 saturated heterocycles. The highest BCUT2D eigenvalue weighted by molar-refractivity contribution is 6.30. The third kappa shape index (κ3) is 3.37. The van der Waals surface area contributed by atoms with Crippen LogP contribution in [0.2, 0.25) is 5.02 Å². The molecular weight excluding hydrogens is 258 g/mol. The van der Waals surface area contributed by atoms with E-state index >= 15 is 0 Å². The highest BCUT2D eigenvalue weighted by atomic mass is 35.5. The van der Waals surface area contributed by atoms with E-state index in [1.165, 1.54) is 18.2 Å². The number of benzene rings is 1. The quantitative estimate of drug-likeness (QED) is 0.780. The number of nitrogens with one attached hydrogen (secondary N) is 1. The summed E-state index contributed by atoms with van der Waals surface area (Å²) in [6.45, 7) is 3.36. The summed E-state index contributed by atoms with van der Waals surface area (Å²) < 4.78 is 0. The Labute approximate surface area is 109 Å². The Morgan fingerprint density at radius 3 is 2.39 bits per heavy atom. The number of aromatic hydroxyl groups is 1. The number of halogens is 1. The maximum Gasteiger partial charge on any atom is 0.326 e. The van der Waals surface area contributed by atoms with Crippen LogP contribution in [0.25, 0.3) is 0 Å². The van der Waals surface area contributed by atoms with Crippen LogP contribution in [0.3, 0.4) is 0 Å². The van der Waals surface area contributed by atoms with Crippen molar-refractivity contribution in [3.8, 4) is 5.75 Å². The van der Waals surface area contributed by atoms with Gasteiger partial charge in [0.1, 0.15) is 11.8 Å². The second-order valence-electron chi connectivity index (χ2n) is 4.19. The SMILES string of the molecule is CC(C)[C@H](NC(=O)c1ccc(Cl)cc1O)C(=O)O. The fourth-order valence-electron chi connectivity index (χ4n) is 1.43. The van der Waals surface area contributed by atoms with Gasteiger partial charge in [-0.3, -0.25) is 4.79 Å². The van der Waals surface area contributed by atoms with Crippen LogP contribution in [0.4, 0.5) is 0 Å². The summed E-state index contributed by atoms with van der Waals surface area (Å²) in [5.74, 6) is -2.31. The minimum Gasteiger partial charge on any atom is -0.507 e. The molecule has 1 amide bonds. The van der Waals surface area contributed by atoms with E-state index in [0.717, 1.165) is 0 Å². The summed E-state index contributed by atoms with van der Waals surface area (Å²) in [5.41, 5.74) is -0.00806. The molecule has 0 heterocycles. The van der Waals surface area contributed by atoms with E-state index < -0.39 is 17.9 Å². The second-order valence-corrected chi connectivity index (χ2v) is 4.63. The number of aliphatic carboxylic acids is 1. The van der Waals surface area contributed by atoms with E-state index in [2.05, 4.69) is 5.32 Å². The molecule has 0 unspecified atom stereocenters. The third-order valence-corrected chi connectivity index (χ3v) is 2.66. The molecule has 98 valence electrons. The zero-order valence-electron chi connectivity index (χ0n) is 9.98. The van der Waals surface area contributed by atoms with Crippen molar-refractivity contribution in [2.45, 2.75) is 19.9 Å². The molecule has 0 aromatic heterocycles. The fraction of sp³-hybridized carbons (Fsp3) is 0.333. The maximum atomic E-state index is 11.8. The number of hydrogen-bond acceptors (Lipinski definition) is 3. The molecule has 0 aliphatic rings. The van der Waals surface area contributed by atoms with Gasteiger partial charge < -0.3 is 15.5 Å². The van der Waals surface area contributed by atoms with E-state index in [-0.39, 0.29) is 17.2 Å². The molecule has 18 heavy (non-hydrogen) atoms. The van der Waals surface area contributed by atoms with Crippen molar-refractivity contribution < 1.29 is 19.8 Å². The van der Waals surface area contributed by atoms with Crippen LogP contribution in [-0.4, -0.2) is 28.1 Å². The highest BCUT2D eigenvalue weighted by Gasteiger charge is 2.24. The van der Waals surface area contributed by atoms with Gasteiger partial charge in [-0.05, 0) is 24.1 Å². The number of carbonyl (C=O) groups excluding carboxylic acids is 1. The number of phenols is 1. The van der Waals surface area contributed by atoms with Gasteiger partial charge in [0.05, 0.1) is 5.56 Å². The smallest absolute Gasteiger partial charge is 0.326 e. The minimum atomic E-state index is -1.12. The molecule has 6 heteroatoms. The van der Waals surface area contributed by atoms with Gasteiger partial charge in [0.15, 0.2) is 0 Å². The van der Waals surface area contributed by atoms with Crippen molar-refractivity contribution in [3.63, 3.8) is 0 Å². The molecule has 5 nitrogen and oxygen atoms in total. The lowest BCUT2D eigenvalue weighted by Gasteiger charge is -2.18. The van der Waals surface area contributed by atoms with Crippen LogP contribution in [-0.2, 0) is 4.79 Å². The monoisotopic (exact) mass is 271 g/mol. The van der Waals surface area contributed by atoms with Gasteiger partial charge in [-0.15, -0.1) is 0 Å². The number of phenolic OH excluding ortho intramolecular Hbond substituents is 1. The van der Waals surface area contributed by atoms with Gasteiger partial charge in [0.25, 0.3) is 5.91 Å². The summed E-state index contributed by atoms with van der Waals surface area (Å²) in [4.78, 5) is 22.8. The number of hydrogen-bond donors (Lipinski definition) is 3. The van der Waals surface area contributed by atoms with Gasteiger partial charge in [-0.1, -0.05) is 25.4 Å². The normalized spacial score (nSPS) is 12.2. The molecule has 1 atom stereocenters. The summed E-state index contributed by atoms with van der Waals surface area (Å²) in [5, 5.41) is 21.2. The van der Waals surface area contributed by atoms with Crippen LogP contribution in [0, 0.1) is 5.92 Å². The van der Waals surface area contributed by atoms with Gasteiger partial charge in [-0.25, -0.2) is 4.79 Å². The first-order valence-electron chi connectivity index (χ1n) is 5.35. The number of rotatable bonds is 4. The number of carboxylic acid groups (broad SMARTS) is 1. The molecule has 0 radical (unpaired) electrons. The molecule has 1 aromatic carbocycles. The zero-order chi connectivity index (χ0) is 13.9. The third-order valence-electron chi connectivity index (χ3n) is 2.42. The first kappa shape index (κ1) is 14.3. The largest absolute Gasteiger partial charge is 0.507 e.